The van der Waals surface area contributed by atoms with Crippen LogP contribution in [0.25, 0.3) is 0 Å². The number of nitrogens with zero attached hydrogens (tertiary/aromatic N) is 1. The van der Waals surface area contributed by atoms with Gasteiger partial charge in [0, 0.05) is 11.6 Å². The zero-order valence-corrected chi connectivity index (χ0v) is 7.68. The molecule has 1 aromatic carbocycles. The third-order valence-electron chi connectivity index (χ3n) is 1.54. The highest BCUT2D eigenvalue weighted by atomic mass is 32.1. The van der Waals surface area contributed by atoms with Crippen molar-refractivity contribution in [2.45, 2.75) is 0 Å². The Morgan fingerprint density at radius 2 is 2.29 bits per heavy atom. The second-order valence-electron chi connectivity index (χ2n) is 2.40. The molecular formula is C7H6FN3O2S. The van der Waals surface area contributed by atoms with Gasteiger partial charge in [-0.3, -0.25) is 10.1 Å². The van der Waals surface area contributed by atoms with E-state index in [4.69, 9.17) is 18.1 Å². The molecule has 1 aromatic rings. The number of nitrogens with two attached hydrogens (primary N) is 1. The first kappa shape index (κ1) is 10.5. The fourth-order valence-corrected chi connectivity index (χ4v) is 1.00. The summed E-state index contributed by atoms with van der Waals surface area (Å²) >= 11 is 4.73. The standard InChI is InChI=1S/C7H6FN3O2S/c8-5-2-1-4(7(14)10-9)3-6(5)11(12)13/h1-3H,9H2,(H,10,14). The molecule has 0 saturated carbocycles. The Morgan fingerprint density at radius 1 is 1.64 bits per heavy atom. The zero-order valence-electron chi connectivity index (χ0n) is 6.86. The lowest BCUT2D eigenvalue weighted by Crippen LogP contribution is -2.29. The van der Waals surface area contributed by atoms with Gasteiger partial charge in [-0.2, -0.15) is 4.39 Å². The van der Waals surface area contributed by atoms with Gasteiger partial charge in [-0.1, -0.05) is 12.2 Å². The zero-order chi connectivity index (χ0) is 10.7. The van der Waals surface area contributed by atoms with Gasteiger partial charge in [0.2, 0.25) is 5.82 Å². The molecule has 7 heteroatoms. The van der Waals surface area contributed by atoms with Crippen LogP contribution in [0, 0.1) is 15.9 Å². The van der Waals surface area contributed by atoms with Crippen molar-refractivity contribution in [3.05, 3.63) is 39.7 Å². The van der Waals surface area contributed by atoms with Crippen molar-refractivity contribution in [2.24, 2.45) is 5.84 Å². The van der Waals surface area contributed by atoms with Crippen molar-refractivity contribution in [1.82, 2.24) is 5.43 Å². The molecule has 3 N–H and O–H groups in total. The van der Waals surface area contributed by atoms with E-state index < -0.39 is 16.4 Å². The van der Waals surface area contributed by atoms with Gasteiger partial charge in [0.25, 0.3) is 0 Å². The number of nitro benzene ring substituents is 1. The van der Waals surface area contributed by atoms with Gasteiger partial charge in [0.15, 0.2) is 0 Å². The van der Waals surface area contributed by atoms with Gasteiger partial charge in [0.05, 0.1) is 4.92 Å². The molecule has 0 saturated heterocycles. The molecule has 0 aromatic heterocycles. The van der Waals surface area contributed by atoms with Crippen LogP contribution in [-0.2, 0) is 0 Å². The largest absolute Gasteiger partial charge is 0.314 e. The van der Waals surface area contributed by atoms with Gasteiger partial charge in [-0.15, -0.1) is 0 Å². The summed E-state index contributed by atoms with van der Waals surface area (Å²) in [5.41, 5.74) is 1.83. The number of hydrazine groups is 1. The molecule has 0 heterocycles. The van der Waals surface area contributed by atoms with E-state index in [0.29, 0.717) is 5.56 Å². The molecule has 5 nitrogen and oxygen atoms in total. The van der Waals surface area contributed by atoms with Crippen molar-refractivity contribution in [3.8, 4) is 0 Å². The normalized spacial score (nSPS) is 9.57. The Hall–Kier alpha value is -1.60. The third-order valence-corrected chi connectivity index (χ3v) is 1.89. The summed E-state index contributed by atoms with van der Waals surface area (Å²) in [6, 6.07) is 3.30. The maximum absolute atomic E-state index is 12.9. The number of nitro groups is 1. The monoisotopic (exact) mass is 215 g/mol. The molecule has 0 spiro atoms. The van der Waals surface area contributed by atoms with Crippen molar-refractivity contribution < 1.29 is 9.31 Å². The van der Waals surface area contributed by atoms with Crippen molar-refractivity contribution >= 4 is 22.9 Å². The Bertz CT molecular complexity index is 397. The highest BCUT2D eigenvalue weighted by Crippen LogP contribution is 2.18. The van der Waals surface area contributed by atoms with Crippen LogP contribution in [0.4, 0.5) is 10.1 Å². The van der Waals surface area contributed by atoms with Crippen molar-refractivity contribution in [2.75, 3.05) is 0 Å². The third kappa shape index (κ3) is 2.01. The van der Waals surface area contributed by atoms with E-state index in [1.807, 2.05) is 0 Å². The maximum Gasteiger partial charge on any atom is 0.305 e. The number of thiocarbonyl (C=S) groups is 1. The number of rotatable bonds is 2. The van der Waals surface area contributed by atoms with Gasteiger partial charge < -0.3 is 5.43 Å². The van der Waals surface area contributed by atoms with Crippen LogP contribution in [0.5, 0.6) is 0 Å². The minimum Gasteiger partial charge on any atom is -0.314 e. The predicted octanol–water partition coefficient (Wildman–Crippen LogP) is 0.873. The van der Waals surface area contributed by atoms with Gasteiger partial charge in [0.1, 0.15) is 4.99 Å². The Kier molecular flexibility index (Phi) is 3.05. The first-order valence-electron chi connectivity index (χ1n) is 3.51. The molecule has 0 unspecified atom stereocenters. The molecule has 0 aliphatic heterocycles. The molecule has 0 bridgehead atoms. The fraction of sp³-hybridized carbons (Fsp3) is 0. The number of benzene rings is 1. The van der Waals surface area contributed by atoms with Crippen LogP contribution < -0.4 is 11.3 Å². The molecule has 0 radical (unpaired) electrons. The number of hydrogen-bond acceptors (Lipinski definition) is 4. The quantitative estimate of drug-likeness (QED) is 0.331. The first-order chi connectivity index (χ1) is 6.56. The van der Waals surface area contributed by atoms with Gasteiger partial charge in [-0.05, 0) is 12.1 Å². The molecule has 0 aliphatic rings. The summed E-state index contributed by atoms with van der Waals surface area (Å²) in [6.07, 6.45) is 0. The van der Waals surface area contributed by atoms with Gasteiger partial charge >= 0.3 is 5.69 Å². The van der Waals surface area contributed by atoms with E-state index in [9.17, 15) is 14.5 Å². The summed E-state index contributed by atoms with van der Waals surface area (Å²) in [4.78, 5) is 9.65. The lowest BCUT2D eigenvalue weighted by atomic mass is 10.2. The van der Waals surface area contributed by atoms with E-state index in [0.717, 1.165) is 12.1 Å². The van der Waals surface area contributed by atoms with Crippen LogP contribution >= 0.6 is 12.2 Å². The first-order valence-corrected chi connectivity index (χ1v) is 3.92. The Labute approximate surface area is 83.8 Å². The van der Waals surface area contributed by atoms with Crippen molar-refractivity contribution in [1.29, 1.82) is 0 Å². The van der Waals surface area contributed by atoms with Gasteiger partial charge in [-0.25, -0.2) is 5.84 Å². The smallest absolute Gasteiger partial charge is 0.305 e. The molecule has 74 valence electrons. The fourth-order valence-electron chi connectivity index (χ4n) is 0.877. The Morgan fingerprint density at radius 3 is 2.79 bits per heavy atom. The summed E-state index contributed by atoms with van der Waals surface area (Å²) in [7, 11) is 0. The SMILES string of the molecule is NNC(=S)c1ccc(F)c([N+](=O)[O-])c1. The molecule has 0 aliphatic carbocycles. The maximum atomic E-state index is 12.9. The summed E-state index contributed by atoms with van der Waals surface area (Å²) in [5, 5.41) is 10.4. The Balaban J connectivity index is 3.19. The number of hydrogen-bond donors (Lipinski definition) is 2. The number of halogens is 1. The van der Waals surface area contributed by atoms with E-state index in [1.165, 1.54) is 6.07 Å². The summed E-state index contributed by atoms with van der Waals surface area (Å²) in [6.45, 7) is 0. The molecule has 0 fully saturated rings. The lowest BCUT2D eigenvalue weighted by Gasteiger charge is -2.02. The minimum absolute atomic E-state index is 0.119. The second-order valence-corrected chi connectivity index (χ2v) is 2.81. The van der Waals surface area contributed by atoms with Crippen molar-refractivity contribution in [3.63, 3.8) is 0 Å². The lowest BCUT2D eigenvalue weighted by molar-refractivity contribution is -0.387. The average Bonchev–Trinajstić information content (AvgIpc) is 2.17. The van der Waals surface area contributed by atoms with Crippen LogP contribution in [0.15, 0.2) is 18.2 Å². The van der Waals surface area contributed by atoms with E-state index in [1.54, 1.807) is 0 Å². The molecule has 0 atom stereocenters. The summed E-state index contributed by atoms with van der Waals surface area (Å²) < 4.78 is 12.9. The average molecular weight is 215 g/mol. The molecule has 14 heavy (non-hydrogen) atoms. The van der Waals surface area contributed by atoms with E-state index in [2.05, 4.69) is 5.43 Å². The van der Waals surface area contributed by atoms with Crippen LogP contribution in [0.1, 0.15) is 5.56 Å². The number of nitrogens with one attached hydrogen (secondary N) is 1. The second kappa shape index (κ2) is 4.07. The predicted molar refractivity (Wildman–Crippen MR) is 52.1 cm³/mol. The van der Waals surface area contributed by atoms with E-state index in [-0.39, 0.29) is 4.99 Å². The van der Waals surface area contributed by atoms with Crippen LogP contribution in [0.2, 0.25) is 0 Å². The van der Waals surface area contributed by atoms with E-state index >= 15 is 0 Å². The molecule has 1 rings (SSSR count). The topological polar surface area (TPSA) is 81.2 Å². The highest BCUT2D eigenvalue weighted by molar-refractivity contribution is 7.80. The van der Waals surface area contributed by atoms with Crippen LogP contribution in [-0.4, -0.2) is 9.91 Å². The molecule has 0 amide bonds. The summed E-state index contributed by atoms with van der Waals surface area (Å²) in [5.74, 6) is 4.11. The minimum atomic E-state index is -0.904. The molecular weight excluding hydrogens is 209 g/mol. The van der Waals surface area contributed by atoms with Crippen LogP contribution in [0.3, 0.4) is 0 Å². The highest BCUT2D eigenvalue weighted by Gasteiger charge is 2.15.